The minimum atomic E-state index is -0.570. The van der Waals surface area contributed by atoms with E-state index in [4.69, 9.17) is 9.72 Å². The predicted octanol–water partition coefficient (Wildman–Crippen LogP) is 4.04. The third-order valence-corrected chi connectivity index (χ3v) is 6.22. The first-order valence-electron chi connectivity index (χ1n) is 11.1. The van der Waals surface area contributed by atoms with E-state index in [0.29, 0.717) is 25.3 Å². The number of nitrogens with one attached hydrogen (secondary N) is 1. The van der Waals surface area contributed by atoms with Crippen molar-refractivity contribution in [3.8, 4) is 16.9 Å². The van der Waals surface area contributed by atoms with E-state index in [1.165, 1.54) is 6.20 Å². The number of halogens is 2. The van der Waals surface area contributed by atoms with Gasteiger partial charge >= 0.3 is 0 Å². The van der Waals surface area contributed by atoms with Crippen molar-refractivity contribution in [2.75, 3.05) is 31.2 Å². The fraction of sp³-hybridized carbons (Fsp3) is 0.250. The lowest BCUT2D eigenvalue weighted by molar-refractivity contribution is 0.122. The van der Waals surface area contributed by atoms with Crippen LogP contribution >= 0.6 is 0 Å². The second-order valence-electron chi connectivity index (χ2n) is 8.13. The van der Waals surface area contributed by atoms with Gasteiger partial charge in [0.2, 0.25) is 0 Å². The minimum Gasteiger partial charge on any atom is -0.378 e. The van der Waals surface area contributed by atoms with Gasteiger partial charge in [0.15, 0.2) is 0 Å². The highest BCUT2D eigenvalue weighted by Crippen LogP contribution is 2.36. The normalized spacial score (nSPS) is 14.4. The summed E-state index contributed by atoms with van der Waals surface area (Å²) >= 11 is 0. The Labute approximate surface area is 193 Å². The fourth-order valence-electron chi connectivity index (χ4n) is 4.62. The third-order valence-electron chi connectivity index (χ3n) is 6.22. The summed E-state index contributed by atoms with van der Waals surface area (Å²) in [5.41, 5.74) is 4.53. The molecule has 34 heavy (non-hydrogen) atoms. The zero-order valence-corrected chi connectivity index (χ0v) is 18.4. The number of H-pyrrole nitrogens is 1. The summed E-state index contributed by atoms with van der Waals surface area (Å²) in [4.78, 5) is 11.3. The topological polar surface area (TPSA) is 84.8 Å². The highest BCUT2D eigenvalue weighted by Gasteiger charge is 2.23. The molecule has 3 aromatic heterocycles. The van der Waals surface area contributed by atoms with Crippen LogP contribution in [-0.4, -0.2) is 56.2 Å². The summed E-state index contributed by atoms with van der Waals surface area (Å²) in [5, 5.41) is 10.9. The summed E-state index contributed by atoms with van der Waals surface area (Å²) in [7, 11) is 0. The average molecular weight is 461 g/mol. The first kappa shape index (κ1) is 20.7. The molecule has 8 nitrogen and oxygen atoms in total. The number of morpholine rings is 1. The van der Waals surface area contributed by atoms with E-state index in [0.717, 1.165) is 59.0 Å². The Balaban J connectivity index is 1.70. The zero-order chi connectivity index (χ0) is 23.2. The quantitative estimate of drug-likeness (QED) is 0.435. The number of rotatable bonds is 4. The number of aromatic nitrogens is 6. The molecule has 0 saturated carbocycles. The number of benzene rings is 2. The molecule has 4 heterocycles. The number of fused-ring (bicyclic) bond motifs is 2. The number of nitrogens with zero attached hydrogens (tertiary/aromatic N) is 6. The van der Waals surface area contributed by atoms with Gasteiger partial charge in [0.1, 0.15) is 23.0 Å². The molecule has 5 aromatic rings. The van der Waals surface area contributed by atoms with E-state index >= 15 is 4.39 Å². The van der Waals surface area contributed by atoms with Crippen LogP contribution < -0.4 is 4.90 Å². The van der Waals surface area contributed by atoms with Crippen LogP contribution in [0.25, 0.3) is 38.9 Å². The summed E-state index contributed by atoms with van der Waals surface area (Å²) in [6, 6.07) is 8.04. The number of pyridine rings is 1. The van der Waals surface area contributed by atoms with Gasteiger partial charge in [-0.05, 0) is 30.3 Å². The molecule has 0 atom stereocenters. The second kappa shape index (κ2) is 8.14. The zero-order valence-electron chi connectivity index (χ0n) is 18.4. The third kappa shape index (κ3) is 3.21. The first-order valence-corrected chi connectivity index (χ1v) is 11.1. The molecule has 0 spiro atoms. The van der Waals surface area contributed by atoms with Crippen LogP contribution in [0.4, 0.5) is 14.5 Å². The molecule has 1 saturated heterocycles. The van der Waals surface area contributed by atoms with E-state index in [1.54, 1.807) is 12.3 Å². The molecule has 10 heteroatoms. The molecule has 0 aliphatic carbocycles. The average Bonchev–Trinajstić information content (AvgIpc) is 3.54. The monoisotopic (exact) mass is 461 g/mol. The number of hydrogen-bond acceptors (Lipinski definition) is 6. The van der Waals surface area contributed by atoms with Crippen LogP contribution in [-0.2, 0) is 11.2 Å². The molecule has 1 aliphatic heterocycles. The van der Waals surface area contributed by atoms with Crippen LogP contribution in [0, 0.1) is 11.6 Å². The standard InChI is InChI=1S/C24H21F2N7O/c1-2-21-29-23-15(18-13-28-31-30-18)11-14(32-7-9-34-10-8-32)12-20(23)33(21)19-5-6-27-24-17(26)4-3-16(25)22(19)24/h3-6,11-13H,2,7-10H2,1H3,(H,28,30,31). The van der Waals surface area contributed by atoms with E-state index in [-0.39, 0.29) is 10.9 Å². The molecule has 6 rings (SSSR count). The Morgan fingerprint density at radius 2 is 1.88 bits per heavy atom. The van der Waals surface area contributed by atoms with Crippen molar-refractivity contribution in [1.29, 1.82) is 0 Å². The van der Waals surface area contributed by atoms with Gasteiger partial charge < -0.3 is 9.64 Å². The van der Waals surface area contributed by atoms with Crippen molar-refractivity contribution in [2.45, 2.75) is 13.3 Å². The predicted molar refractivity (Wildman–Crippen MR) is 124 cm³/mol. The molecular weight excluding hydrogens is 440 g/mol. The maximum Gasteiger partial charge on any atom is 0.149 e. The van der Waals surface area contributed by atoms with Crippen LogP contribution in [0.3, 0.4) is 0 Å². The Hall–Kier alpha value is -3.92. The largest absolute Gasteiger partial charge is 0.378 e. The van der Waals surface area contributed by atoms with Crippen molar-refractivity contribution in [3.05, 3.63) is 60.2 Å². The second-order valence-corrected chi connectivity index (χ2v) is 8.13. The van der Waals surface area contributed by atoms with Crippen molar-refractivity contribution >= 4 is 27.6 Å². The SMILES string of the molecule is CCc1nc2c(-c3cnn[nH]3)cc(N3CCOCC3)cc2n1-c1ccnc2c(F)ccc(F)c12. The number of anilines is 1. The van der Waals surface area contributed by atoms with Crippen LogP contribution in [0.15, 0.2) is 42.7 Å². The molecule has 0 amide bonds. The highest BCUT2D eigenvalue weighted by molar-refractivity contribution is 5.98. The summed E-state index contributed by atoms with van der Waals surface area (Å²) in [5.74, 6) is -0.385. The molecule has 1 aliphatic rings. The number of aryl methyl sites for hydroxylation is 1. The molecule has 1 N–H and O–H groups in total. The molecule has 172 valence electrons. The molecular formula is C24H21F2N7O. The van der Waals surface area contributed by atoms with E-state index in [1.807, 2.05) is 17.6 Å². The summed E-state index contributed by atoms with van der Waals surface area (Å²) < 4.78 is 37.0. The Morgan fingerprint density at radius 1 is 1.06 bits per heavy atom. The van der Waals surface area contributed by atoms with E-state index in [9.17, 15) is 4.39 Å². The van der Waals surface area contributed by atoms with Crippen LogP contribution in [0.1, 0.15) is 12.7 Å². The van der Waals surface area contributed by atoms with Crippen molar-refractivity contribution < 1.29 is 13.5 Å². The van der Waals surface area contributed by atoms with Gasteiger partial charge in [-0.1, -0.05) is 12.1 Å². The summed E-state index contributed by atoms with van der Waals surface area (Å²) in [6.45, 7) is 4.76. The molecule has 1 fully saturated rings. The van der Waals surface area contributed by atoms with Gasteiger partial charge in [0.05, 0.1) is 47.2 Å². The molecule has 0 radical (unpaired) electrons. The van der Waals surface area contributed by atoms with Crippen molar-refractivity contribution in [1.82, 2.24) is 29.9 Å². The van der Waals surface area contributed by atoms with Crippen LogP contribution in [0.2, 0.25) is 0 Å². The van der Waals surface area contributed by atoms with Gasteiger partial charge in [0.25, 0.3) is 0 Å². The van der Waals surface area contributed by atoms with Gasteiger partial charge in [-0.25, -0.2) is 13.8 Å². The summed E-state index contributed by atoms with van der Waals surface area (Å²) in [6.07, 6.45) is 3.74. The maximum absolute atomic E-state index is 15.0. The Kier molecular flexibility index (Phi) is 4.95. The maximum atomic E-state index is 15.0. The highest BCUT2D eigenvalue weighted by atomic mass is 19.1. The fourth-order valence-corrected chi connectivity index (χ4v) is 4.62. The number of hydrogen-bond donors (Lipinski definition) is 1. The van der Waals surface area contributed by atoms with Crippen molar-refractivity contribution in [2.24, 2.45) is 0 Å². The number of imidazole rings is 1. The van der Waals surface area contributed by atoms with E-state index < -0.39 is 11.6 Å². The number of ether oxygens (including phenoxy) is 1. The number of aromatic amines is 1. The van der Waals surface area contributed by atoms with Gasteiger partial charge in [-0.15, -0.1) is 5.10 Å². The smallest absolute Gasteiger partial charge is 0.149 e. The first-order chi connectivity index (χ1) is 16.7. The molecule has 0 unspecified atom stereocenters. The molecule has 0 bridgehead atoms. The lowest BCUT2D eigenvalue weighted by Crippen LogP contribution is -2.36. The Bertz CT molecular complexity index is 1510. The van der Waals surface area contributed by atoms with Gasteiger partial charge in [0, 0.05) is 37.0 Å². The Morgan fingerprint density at radius 3 is 2.65 bits per heavy atom. The molecule has 2 aromatic carbocycles. The van der Waals surface area contributed by atoms with Gasteiger partial charge in [-0.2, -0.15) is 0 Å². The van der Waals surface area contributed by atoms with Crippen molar-refractivity contribution in [3.63, 3.8) is 0 Å². The minimum absolute atomic E-state index is 0.0104. The lowest BCUT2D eigenvalue weighted by atomic mass is 10.1. The lowest BCUT2D eigenvalue weighted by Gasteiger charge is -2.29. The van der Waals surface area contributed by atoms with E-state index in [2.05, 4.69) is 31.4 Å². The van der Waals surface area contributed by atoms with Crippen LogP contribution in [0.5, 0.6) is 0 Å². The van der Waals surface area contributed by atoms with Gasteiger partial charge in [-0.3, -0.25) is 14.6 Å².